The highest BCUT2D eigenvalue weighted by Gasteiger charge is 2.14. The summed E-state index contributed by atoms with van der Waals surface area (Å²) in [5.41, 5.74) is 1.16. The number of thiazole rings is 1. The van der Waals surface area contributed by atoms with Crippen molar-refractivity contribution in [2.45, 2.75) is 29.8 Å². The van der Waals surface area contributed by atoms with Crippen molar-refractivity contribution in [3.05, 3.63) is 47.4 Å². The molecule has 3 aromatic rings. The van der Waals surface area contributed by atoms with E-state index >= 15 is 0 Å². The first kappa shape index (κ1) is 14.6. The van der Waals surface area contributed by atoms with Gasteiger partial charge in [-0.25, -0.2) is 9.37 Å². The number of aromatic nitrogens is 2. The first-order valence-electron chi connectivity index (χ1n) is 6.86. The number of hydrogen-bond acceptors (Lipinski definition) is 4. The Labute approximate surface area is 131 Å². The lowest BCUT2D eigenvalue weighted by atomic mass is 10.4. The van der Waals surface area contributed by atoms with Crippen LogP contribution in [0.2, 0.25) is 0 Å². The zero-order valence-corrected chi connectivity index (χ0v) is 13.3. The molecule has 2 heterocycles. The summed E-state index contributed by atoms with van der Waals surface area (Å²) < 4.78 is 15.1. The standard InChI is InChI=1S/C15H16FN3S2/c1-2-7-17-10-13-14(18-15-19(13)8-9-20-15)21-12-5-3-11(16)4-6-12/h3-6,8-9,17H,2,7,10H2,1H3. The van der Waals surface area contributed by atoms with Gasteiger partial charge in [0.2, 0.25) is 0 Å². The Morgan fingerprint density at radius 2 is 2.14 bits per heavy atom. The molecule has 1 N–H and O–H groups in total. The van der Waals surface area contributed by atoms with Gasteiger partial charge < -0.3 is 5.32 Å². The van der Waals surface area contributed by atoms with Gasteiger partial charge in [-0.05, 0) is 37.2 Å². The van der Waals surface area contributed by atoms with Crippen molar-refractivity contribution in [1.82, 2.24) is 14.7 Å². The maximum Gasteiger partial charge on any atom is 0.194 e. The SMILES string of the molecule is CCCNCc1c(Sc2ccc(F)cc2)nc2sccn12. The first-order chi connectivity index (χ1) is 10.3. The molecular formula is C15H16FN3S2. The van der Waals surface area contributed by atoms with Crippen LogP contribution in [0, 0.1) is 5.82 Å². The summed E-state index contributed by atoms with van der Waals surface area (Å²) in [6.45, 7) is 3.92. The van der Waals surface area contributed by atoms with E-state index in [9.17, 15) is 4.39 Å². The van der Waals surface area contributed by atoms with Crippen molar-refractivity contribution in [2.24, 2.45) is 0 Å². The molecule has 0 amide bonds. The lowest BCUT2D eigenvalue weighted by Crippen LogP contribution is -2.15. The monoisotopic (exact) mass is 321 g/mol. The van der Waals surface area contributed by atoms with Crippen LogP contribution in [0.15, 0.2) is 45.8 Å². The minimum absolute atomic E-state index is 0.213. The van der Waals surface area contributed by atoms with Gasteiger partial charge in [-0.15, -0.1) is 11.3 Å². The third-order valence-electron chi connectivity index (χ3n) is 3.07. The van der Waals surface area contributed by atoms with Crippen LogP contribution in [-0.2, 0) is 6.54 Å². The van der Waals surface area contributed by atoms with Crippen molar-refractivity contribution >= 4 is 28.1 Å². The summed E-state index contributed by atoms with van der Waals surface area (Å²) in [5, 5.41) is 6.45. The predicted molar refractivity (Wildman–Crippen MR) is 85.6 cm³/mol. The molecule has 0 atom stereocenters. The van der Waals surface area contributed by atoms with Gasteiger partial charge in [-0.1, -0.05) is 18.7 Å². The Balaban J connectivity index is 1.87. The van der Waals surface area contributed by atoms with E-state index in [2.05, 4.69) is 21.6 Å². The van der Waals surface area contributed by atoms with Gasteiger partial charge in [0.1, 0.15) is 10.8 Å². The molecule has 0 unspecified atom stereocenters. The summed E-state index contributed by atoms with van der Waals surface area (Å²) in [6.07, 6.45) is 3.15. The fraction of sp³-hybridized carbons (Fsp3) is 0.267. The lowest BCUT2D eigenvalue weighted by Gasteiger charge is -2.05. The second kappa shape index (κ2) is 6.60. The van der Waals surface area contributed by atoms with E-state index < -0.39 is 0 Å². The molecule has 0 aliphatic heterocycles. The van der Waals surface area contributed by atoms with Crippen LogP contribution in [0.3, 0.4) is 0 Å². The average Bonchev–Trinajstić information content (AvgIpc) is 3.04. The molecule has 0 bridgehead atoms. The average molecular weight is 321 g/mol. The smallest absolute Gasteiger partial charge is 0.194 e. The number of benzene rings is 1. The van der Waals surface area contributed by atoms with Crippen LogP contribution in [0.1, 0.15) is 19.0 Å². The zero-order valence-electron chi connectivity index (χ0n) is 11.7. The van der Waals surface area contributed by atoms with Crippen LogP contribution >= 0.6 is 23.1 Å². The highest BCUT2D eigenvalue weighted by atomic mass is 32.2. The zero-order chi connectivity index (χ0) is 14.7. The van der Waals surface area contributed by atoms with E-state index in [1.54, 1.807) is 35.2 Å². The minimum Gasteiger partial charge on any atom is -0.311 e. The molecule has 0 radical (unpaired) electrons. The molecule has 21 heavy (non-hydrogen) atoms. The first-order valence-corrected chi connectivity index (χ1v) is 8.56. The highest BCUT2D eigenvalue weighted by Crippen LogP contribution is 2.31. The topological polar surface area (TPSA) is 29.3 Å². The van der Waals surface area contributed by atoms with Crippen molar-refractivity contribution in [1.29, 1.82) is 0 Å². The summed E-state index contributed by atoms with van der Waals surface area (Å²) >= 11 is 3.20. The van der Waals surface area contributed by atoms with Gasteiger partial charge in [-0.3, -0.25) is 4.40 Å². The fourth-order valence-corrected chi connectivity index (χ4v) is 3.76. The van der Waals surface area contributed by atoms with Crippen LogP contribution in [0.5, 0.6) is 0 Å². The fourth-order valence-electron chi connectivity index (χ4n) is 2.05. The summed E-state index contributed by atoms with van der Waals surface area (Å²) in [4.78, 5) is 6.67. The van der Waals surface area contributed by atoms with E-state index in [-0.39, 0.29) is 5.82 Å². The van der Waals surface area contributed by atoms with Gasteiger partial charge in [0.25, 0.3) is 0 Å². The number of hydrogen-bond donors (Lipinski definition) is 1. The molecule has 0 aliphatic carbocycles. The third-order valence-corrected chi connectivity index (χ3v) is 4.86. The number of fused-ring (bicyclic) bond motifs is 1. The van der Waals surface area contributed by atoms with E-state index in [1.807, 2.05) is 11.6 Å². The molecule has 3 nitrogen and oxygen atoms in total. The van der Waals surface area contributed by atoms with E-state index in [0.717, 1.165) is 40.1 Å². The number of imidazole rings is 1. The molecule has 0 saturated heterocycles. The van der Waals surface area contributed by atoms with Gasteiger partial charge in [0, 0.05) is 23.0 Å². The minimum atomic E-state index is -0.213. The molecule has 0 aliphatic rings. The molecule has 6 heteroatoms. The quantitative estimate of drug-likeness (QED) is 0.690. The van der Waals surface area contributed by atoms with E-state index in [0.29, 0.717) is 0 Å². The van der Waals surface area contributed by atoms with E-state index in [1.165, 1.54) is 12.1 Å². The second-order valence-electron chi connectivity index (χ2n) is 4.65. The number of nitrogens with zero attached hydrogens (tertiary/aromatic N) is 2. The van der Waals surface area contributed by atoms with Crippen molar-refractivity contribution in [3.63, 3.8) is 0 Å². The number of nitrogens with one attached hydrogen (secondary N) is 1. The maximum absolute atomic E-state index is 13.0. The van der Waals surface area contributed by atoms with Crippen LogP contribution in [0.4, 0.5) is 4.39 Å². The normalized spacial score (nSPS) is 11.3. The van der Waals surface area contributed by atoms with Gasteiger partial charge in [-0.2, -0.15) is 0 Å². The van der Waals surface area contributed by atoms with Crippen LogP contribution < -0.4 is 5.32 Å². The molecular weight excluding hydrogens is 305 g/mol. The van der Waals surface area contributed by atoms with Crippen LogP contribution in [0.25, 0.3) is 4.96 Å². The Kier molecular flexibility index (Phi) is 4.57. The Bertz CT molecular complexity index is 718. The van der Waals surface area contributed by atoms with Crippen molar-refractivity contribution < 1.29 is 4.39 Å². The molecule has 1 aromatic carbocycles. The van der Waals surface area contributed by atoms with Crippen LogP contribution in [-0.4, -0.2) is 15.9 Å². The van der Waals surface area contributed by atoms with Crippen molar-refractivity contribution in [3.8, 4) is 0 Å². The summed E-state index contributed by atoms with van der Waals surface area (Å²) in [5.74, 6) is -0.213. The molecule has 3 rings (SSSR count). The summed E-state index contributed by atoms with van der Waals surface area (Å²) in [6, 6.07) is 6.54. The predicted octanol–water partition coefficient (Wildman–Crippen LogP) is 4.19. The number of halogens is 1. The highest BCUT2D eigenvalue weighted by molar-refractivity contribution is 7.99. The van der Waals surface area contributed by atoms with E-state index in [4.69, 9.17) is 0 Å². The Morgan fingerprint density at radius 1 is 1.33 bits per heavy atom. The van der Waals surface area contributed by atoms with Gasteiger partial charge in [0.05, 0.1) is 5.69 Å². The molecule has 0 fully saturated rings. The molecule has 0 saturated carbocycles. The summed E-state index contributed by atoms with van der Waals surface area (Å²) in [7, 11) is 0. The Hall–Kier alpha value is -1.37. The lowest BCUT2D eigenvalue weighted by molar-refractivity contribution is 0.626. The van der Waals surface area contributed by atoms with Gasteiger partial charge in [0.15, 0.2) is 4.96 Å². The van der Waals surface area contributed by atoms with Gasteiger partial charge >= 0.3 is 0 Å². The maximum atomic E-state index is 13.0. The largest absolute Gasteiger partial charge is 0.311 e. The second-order valence-corrected chi connectivity index (χ2v) is 6.59. The number of rotatable bonds is 6. The van der Waals surface area contributed by atoms with Crippen molar-refractivity contribution in [2.75, 3.05) is 6.54 Å². The molecule has 2 aromatic heterocycles. The molecule has 0 spiro atoms. The molecule has 110 valence electrons. The third kappa shape index (κ3) is 3.28. The Morgan fingerprint density at radius 3 is 2.90 bits per heavy atom.